The van der Waals surface area contributed by atoms with Crippen LogP contribution in [0.3, 0.4) is 0 Å². The van der Waals surface area contributed by atoms with Gasteiger partial charge in [-0.3, -0.25) is 4.79 Å². The van der Waals surface area contributed by atoms with Crippen LogP contribution in [-0.4, -0.2) is 76.2 Å². The van der Waals surface area contributed by atoms with Crippen LogP contribution in [0.2, 0.25) is 0 Å². The van der Waals surface area contributed by atoms with Gasteiger partial charge in [0.1, 0.15) is 0 Å². The molecule has 0 aromatic heterocycles. The Morgan fingerprint density at radius 2 is 1.89 bits per heavy atom. The van der Waals surface area contributed by atoms with Gasteiger partial charge in [-0.15, -0.1) is 0 Å². The Labute approximate surface area is 117 Å². The van der Waals surface area contributed by atoms with Crippen LogP contribution >= 0.6 is 0 Å². The van der Waals surface area contributed by atoms with Crippen LogP contribution in [0.5, 0.6) is 0 Å². The van der Waals surface area contributed by atoms with Gasteiger partial charge in [0, 0.05) is 26.1 Å². The van der Waals surface area contributed by atoms with Crippen molar-refractivity contribution in [1.82, 2.24) is 15.1 Å². The van der Waals surface area contributed by atoms with E-state index in [0.717, 1.165) is 45.4 Å². The second-order valence-electron chi connectivity index (χ2n) is 5.50. The number of nitrogens with one attached hydrogen (secondary N) is 1. The zero-order chi connectivity index (χ0) is 14.1. The summed E-state index contributed by atoms with van der Waals surface area (Å²) in [7, 11) is 5.81. The van der Waals surface area contributed by atoms with E-state index in [1.54, 1.807) is 7.11 Å². The molecule has 19 heavy (non-hydrogen) atoms. The van der Waals surface area contributed by atoms with Crippen molar-refractivity contribution < 1.29 is 9.53 Å². The summed E-state index contributed by atoms with van der Waals surface area (Å²) in [6.45, 7) is 5.12. The molecule has 1 N–H and O–H groups in total. The van der Waals surface area contributed by atoms with Gasteiger partial charge >= 0.3 is 0 Å². The molecule has 0 aromatic carbocycles. The molecule has 5 nitrogen and oxygen atoms in total. The van der Waals surface area contributed by atoms with E-state index >= 15 is 0 Å². The first-order valence-electron chi connectivity index (χ1n) is 7.28. The quantitative estimate of drug-likeness (QED) is 0.695. The molecule has 1 rings (SSSR count). The SMILES string of the molecule is COCCN(CCCN(C)C)C(=O)C1CCNCC1. The monoisotopic (exact) mass is 271 g/mol. The first kappa shape index (κ1) is 16.4. The molecule has 0 bridgehead atoms. The van der Waals surface area contributed by atoms with Crippen molar-refractivity contribution in [3.63, 3.8) is 0 Å². The molecule has 1 aliphatic rings. The summed E-state index contributed by atoms with van der Waals surface area (Å²) in [6.07, 6.45) is 2.96. The van der Waals surface area contributed by atoms with Crippen molar-refractivity contribution in [2.45, 2.75) is 19.3 Å². The normalized spacial score (nSPS) is 16.8. The first-order valence-corrected chi connectivity index (χ1v) is 7.28. The second kappa shape index (κ2) is 9.28. The molecule has 112 valence electrons. The molecule has 0 aromatic rings. The third-order valence-corrected chi connectivity index (χ3v) is 3.60. The minimum atomic E-state index is 0.206. The van der Waals surface area contributed by atoms with E-state index < -0.39 is 0 Å². The summed E-state index contributed by atoms with van der Waals surface area (Å²) in [5, 5.41) is 3.31. The number of nitrogens with zero attached hydrogens (tertiary/aromatic N) is 2. The maximum absolute atomic E-state index is 12.5. The number of rotatable bonds is 8. The van der Waals surface area contributed by atoms with Gasteiger partial charge in [0.2, 0.25) is 5.91 Å². The van der Waals surface area contributed by atoms with E-state index in [1.165, 1.54) is 0 Å². The number of piperidine rings is 1. The van der Waals surface area contributed by atoms with Gasteiger partial charge in [-0.2, -0.15) is 0 Å². The lowest BCUT2D eigenvalue weighted by Crippen LogP contribution is -2.43. The van der Waals surface area contributed by atoms with E-state index in [-0.39, 0.29) is 5.92 Å². The van der Waals surface area contributed by atoms with Crippen LogP contribution in [0.1, 0.15) is 19.3 Å². The Kier molecular flexibility index (Phi) is 8.02. The fourth-order valence-corrected chi connectivity index (χ4v) is 2.44. The van der Waals surface area contributed by atoms with Crippen LogP contribution in [-0.2, 0) is 9.53 Å². The molecule has 0 saturated carbocycles. The number of hydrogen-bond acceptors (Lipinski definition) is 4. The van der Waals surface area contributed by atoms with Crippen molar-refractivity contribution in [3.05, 3.63) is 0 Å². The van der Waals surface area contributed by atoms with Crippen LogP contribution < -0.4 is 5.32 Å². The van der Waals surface area contributed by atoms with Crippen LogP contribution in [0.15, 0.2) is 0 Å². The maximum Gasteiger partial charge on any atom is 0.225 e. The van der Waals surface area contributed by atoms with Gasteiger partial charge < -0.3 is 19.9 Å². The number of hydrogen-bond donors (Lipinski definition) is 1. The summed E-state index contributed by atoms with van der Waals surface area (Å²) >= 11 is 0. The highest BCUT2D eigenvalue weighted by atomic mass is 16.5. The molecule has 0 spiro atoms. The molecule has 0 atom stereocenters. The first-order chi connectivity index (χ1) is 9.15. The topological polar surface area (TPSA) is 44.8 Å². The van der Waals surface area contributed by atoms with Crippen molar-refractivity contribution in [1.29, 1.82) is 0 Å². The molecular weight excluding hydrogens is 242 g/mol. The number of methoxy groups -OCH3 is 1. The lowest BCUT2D eigenvalue weighted by atomic mass is 9.96. The Morgan fingerprint density at radius 3 is 2.47 bits per heavy atom. The van der Waals surface area contributed by atoms with Gasteiger partial charge in [-0.1, -0.05) is 0 Å². The lowest BCUT2D eigenvalue weighted by molar-refractivity contribution is -0.137. The molecule has 1 fully saturated rings. The van der Waals surface area contributed by atoms with Gasteiger partial charge in [-0.25, -0.2) is 0 Å². The second-order valence-corrected chi connectivity index (χ2v) is 5.50. The summed E-state index contributed by atoms with van der Waals surface area (Å²) in [4.78, 5) is 16.7. The fraction of sp³-hybridized carbons (Fsp3) is 0.929. The van der Waals surface area contributed by atoms with E-state index in [9.17, 15) is 4.79 Å². The van der Waals surface area contributed by atoms with Crippen molar-refractivity contribution >= 4 is 5.91 Å². The molecular formula is C14H29N3O2. The lowest BCUT2D eigenvalue weighted by Gasteiger charge is -2.30. The Bertz CT molecular complexity index is 253. The molecule has 5 heteroatoms. The summed E-state index contributed by atoms with van der Waals surface area (Å²) < 4.78 is 5.12. The standard InChI is InChI=1S/C14H29N3O2/c1-16(2)9-4-10-17(11-12-19-3)14(18)13-5-7-15-8-6-13/h13,15H,4-12H2,1-3H3. The van der Waals surface area contributed by atoms with Gasteiger partial charge in [0.25, 0.3) is 0 Å². The van der Waals surface area contributed by atoms with E-state index in [2.05, 4.69) is 24.3 Å². The molecule has 1 aliphatic heterocycles. The predicted octanol–water partition coefficient (Wildman–Crippen LogP) is 0.413. The van der Waals surface area contributed by atoms with Crippen LogP contribution in [0.4, 0.5) is 0 Å². The maximum atomic E-state index is 12.5. The van der Waals surface area contributed by atoms with Gasteiger partial charge in [0.05, 0.1) is 6.61 Å². The highest BCUT2D eigenvalue weighted by Gasteiger charge is 2.25. The Morgan fingerprint density at radius 1 is 1.21 bits per heavy atom. The average molecular weight is 271 g/mol. The highest BCUT2D eigenvalue weighted by Crippen LogP contribution is 2.15. The van der Waals surface area contributed by atoms with E-state index in [1.807, 2.05) is 4.90 Å². The Hall–Kier alpha value is -0.650. The van der Waals surface area contributed by atoms with E-state index in [0.29, 0.717) is 19.1 Å². The van der Waals surface area contributed by atoms with Crippen molar-refractivity contribution in [2.24, 2.45) is 5.92 Å². The summed E-state index contributed by atoms with van der Waals surface area (Å²) in [5.41, 5.74) is 0. The van der Waals surface area contributed by atoms with Gasteiger partial charge in [-0.05, 0) is 53.0 Å². The molecule has 0 aliphatic carbocycles. The van der Waals surface area contributed by atoms with Crippen molar-refractivity contribution in [2.75, 3.05) is 60.5 Å². The molecule has 0 unspecified atom stereocenters. The summed E-state index contributed by atoms with van der Waals surface area (Å²) in [6, 6.07) is 0. The van der Waals surface area contributed by atoms with Crippen molar-refractivity contribution in [3.8, 4) is 0 Å². The predicted molar refractivity (Wildman–Crippen MR) is 77.2 cm³/mol. The molecule has 1 heterocycles. The zero-order valence-corrected chi connectivity index (χ0v) is 12.7. The highest BCUT2D eigenvalue weighted by molar-refractivity contribution is 5.79. The third-order valence-electron chi connectivity index (χ3n) is 3.60. The van der Waals surface area contributed by atoms with Crippen LogP contribution in [0.25, 0.3) is 0 Å². The van der Waals surface area contributed by atoms with E-state index in [4.69, 9.17) is 4.74 Å². The minimum absolute atomic E-state index is 0.206. The third kappa shape index (κ3) is 6.36. The van der Waals surface area contributed by atoms with Gasteiger partial charge in [0.15, 0.2) is 0 Å². The largest absolute Gasteiger partial charge is 0.383 e. The number of carbonyl (C=O) groups is 1. The Balaban J connectivity index is 2.43. The molecule has 1 saturated heterocycles. The molecule has 0 radical (unpaired) electrons. The summed E-state index contributed by atoms with van der Waals surface area (Å²) in [5.74, 6) is 0.523. The average Bonchev–Trinajstić information content (AvgIpc) is 2.42. The smallest absolute Gasteiger partial charge is 0.225 e. The minimum Gasteiger partial charge on any atom is -0.383 e. The van der Waals surface area contributed by atoms with Crippen LogP contribution in [0, 0.1) is 5.92 Å². The zero-order valence-electron chi connectivity index (χ0n) is 12.7. The number of carbonyl (C=O) groups excluding carboxylic acids is 1. The molecule has 1 amide bonds. The number of amides is 1. The fourth-order valence-electron chi connectivity index (χ4n) is 2.44. The number of ether oxygens (including phenoxy) is 1.